The van der Waals surface area contributed by atoms with E-state index < -0.39 is 5.60 Å². The van der Waals surface area contributed by atoms with Gasteiger partial charge in [-0.3, -0.25) is 4.79 Å². The van der Waals surface area contributed by atoms with Gasteiger partial charge < -0.3 is 10.1 Å². The van der Waals surface area contributed by atoms with E-state index in [9.17, 15) is 4.79 Å². The summed E-state index contributed by atoms with van der Waals surface area (Å²) >= 11 is 2.21. The second-order valence-electron chi connectivity index (χ2n) is 4.12. The van der Waals surface area contributed by atoms with E-state index in [1.54, 1.807) is 0 Å². The third-order valence-corrected chi connectivity index (χ3v) is 3.76. The Labute approximate surface area is 109 Å². The summed E-state index contributed by atoms with van der Waals surface area (Å²) in [6.45, 7) is 2.53. The van der Waals surface area contributed by atoms with E-state index in [-0.39, 0.29) is 5.91 Å². The second-order valence-corrected chi connectivity index (χ2v) is 5.28. The second kappa shape index (κ2) is 4.71. The van der Waals surface area contributed by atoms with Crippen molar-refractivity contribution >= 4 is 34.2 Å². The van der Waals surface area contributed by atoms with E-state index in [4.69, 9.17) is 4.74 Å². The first-order chi connectivity index (χ1) is 7.62. The van der Waals surface area contributed by atoms with Crippen LogP contribution >= 0.6 is 22.6 Å². The van der Waals surface area contributed by atoms with Crippen molar-refractivity contribution in [1.82, 2.24) is 0 Å². The number of carbonyl (C=O) groups is 1. The van der Waals surface area contributed by atoms with Crippen molar-refractivity contribution in [1.29, 1.82) is 0 Å². The summed E-state index contributed by atoms with van der Waals surface area (Å²) in [5, 5.41) is 2.92. The average Bonchev–Trinajstić information content (AvgIpc) is 2.70. The van der Waals surface area contributed by atoms with Crippen molar-refractivity contribution in [2.24, 2.45) is 0 Å². The first-order valence-corrected chi connectivity index (χ1v) is 6.40. The molecule has 1 aromatic rings. The predicted octanol–water partition coefficient (Wildman–Crippen LogP) is 2.80. The summed E-state index contributed by atoms with van der Waals surface area (Å²) in [6.07, 6.45) is 1.75. The molecule has 0 aromatic heterocycles. The first-order valence-electron chi connectivity index (χ1n) is 5.32. The van der Waals surface area contributed by atoms with E-state index in [0.717, 1.165) is 22.1 Å². The van der Waals surface area contributed by atoms with Gasteiger partial charge in [0, 0.05) is 10.2 Å². The Morgan fingerprint density at radius 2 is 2.25 bits per heavy atom. The summed E-state index contributed by atoms with van der Waals surface area (Å²) in [4.78, 5) is 12.0. The fraction of sp³-hybridized carbons (Fsp3) is 0.417. The third kappa shape index (κ3) is 2.38. The summed E-state index contributed by atoms with van der Waals surface area (Å²) in [5.74, 6) is -0.0471. The Kier molecular flexibility index (Phi) is 3.49. The lowest BCUT2D eigenvalue weighted by atomic mass is 10.0. The molecule has 3 nitrogen and oxygen atoms in total. The van der Waals surface area contributed by atoms with Crippen molar-refractivity contribution in [2.45, 2.75) is 25.4 Å². The van der Waals surface area contributed by atoms with Crippen LogP contribution in [0.4, 0.5) is 5.69 Å². The van der Waals surface area contributed by atoms with Crippen molar-refractivity contribution in [2.75, 3.05) is 11.9 Å². The fourth-order valence-corrected chi connectivity index (χ4v) is 2.30. The molecule has 1 atom stereocenters. The quantitative estimate of drug-likeness (QED) is 0.847. The Hall–Kier alpha value is -0.620. The van der Waals surface area contributed by atoms with Gasteiger partial charge in [0.1, 0.15) is 5.60 Å². The van der Waals surface area contributed by atoms with Crippen molar-refractivity contribution in [3.8, 4) is 0 Å². The molecule has 1 amide bonds. The van der Waals surface area contributed by atoms with Gasteiger partial charge in [-0.15, -0.1) is 0 Å². The van der Waals surface area contributed by atoms with Gasteiger partial charge in [0.15, 0.2) is 0 Å². The van der Waals surface area contributed by atoms with E-state index in [1.165, 1.54) is 0 Å². The van der Waals surface area contributed by atoms with Gasteiger partial charge in [0.05, 0.1) is 5.69 Å². The highest BCUT2D eigenvalue weighted by Crippen LogP contribution is 2.27. The summed E-state index contributed by atoms with van der Waals surface area (Å²) in [7, 11) is 0. The van der Waals surface area contributed by atoms with Gasteiger partial charge in [0.2, 0.25) is 0 Å². The molecule has 1 aliphatic rings. The van der Waals surface area contributed by atoms with Crippen LogP contribution in [0.1, 0.15) is 19.8 Å². The minimum atomic E-state index is -0.654. The van der Waals surface area contributed by atoms with E-state index in [0.29, 0.717) is 6.61 Å². The third-order valence-electron chi connectivity index (χ3n) is 2.82. The van der Waals surface area contributed by atoms with Crippen LogP contribution in [-0.4, -0.2) is 18.1 Å². The van der Waals surface area contributed by atoms with E-state index >= 15 is 0 Å². The predicted molar refractivity (Wildman–Crippen MR) is 71.4 cm³/mol. The Morgan fingerprint density at radius 3 is 2.88 bits per heavy atom. The molecule has 0 spiro atoms. The molecule has 2 rings (SSSR count). The zero-order chi connectivity index (χ0) is 11.6. The normalized spacial score (nSPS) is 24.4. The smallest absolute Gasteiger partial charge is 0.256 e. The summed E-state index contributed by atoms with van der Waals surface area (Å²) < 4.78 is 6.54. The molecule has 1 aromatic carbocycles. The number of ether oxygens (including phenoxy) is 1. The molecule has 0 aliphatic carbocycles. The molecule has 1 aliphatic heterocycles. The minimum Gasteiger partial charge on any atom is -0.365 e. The summed E-state index contributed by atoms with van der Waals surface area (Å²) in [5.41, 5.74) is 0.198. The van der Waals surface area contributed by atoms with Crippen LogP contribution in [0.25, 0.3) is 0 Å². The number of para-hydroxylation sites is 1. The van der Waals surface area contributed by atoms with Crippen LogP contribution in [0.5, 0.6) is 0 Å². The number of carbonyl (C=O) groups excluding carboxylic acids is 1. The topological polar surface area (TPSA) is 38.3 Å². The fourth-order valence-electron chi connectivity index (χ4n) is 1.78. The molecule has 0 saturated carbocycles. The highest BCUT2D eigenvalue weighted by atomic mass is 127. The Morgan fingerprint density at radius 1 is 1.50 bits per heavy atom. The molecule has 1 saturated heterocycles. The number of hydrogen-bond donors (Lipinski definition) is 1. The minimum absolute atomic E-state index is 0.0471. The molecule has 1 fully saturated rings. The molecular formula is C12H14INO2. The maximum absolute atomic E-state index is 12.0. The maximum Gasteiger partial charge on any atom is 0.256 e. The van der Waals surface area contributed by atoms with Crippen LogP contribution in [0.2, 0.25) is 0 Å². The molecule has 0 bridgehead atoms. The Balaban J connectivity index is 2.10. The van der Waals surface area contributed by atoms with Crippen LogP contribution in [0.3, 0.4) is 0 Å². The van der Waals surface area contributed by atoms with Gasteiger partial charge in [-0.1, -0.05) is 12.1 Å². The molecule has 4 heteroatoms. The van der Waals surface area contributed by atoms with Gasteiger partial charge >= 0.3 is 0 Å². The largest absolute Gasteiger partial charge is 0.365 e. The number of halogens is 1. The van der Waals surface area contributed by atoms with Gasteiger partial charge in [-0.25, -0.2) is 0 Å². The molecule has 0 radical (unpaired) electrons. The zero-order valence-corrected chi connectivity index (χ0v) is 11.3. The van der Waals surface area contributed by atoms with Crippen molar-refractivity contribution in [3.05, 3.63) is 27.8 Å². The Bertz CT molecular complexity index is 400. The summed E-state index contributed by atoms with van der Waals surface area (Å²) in [6, 6.07) is 7.73. The monoisotopic (exact) mass is 331 g/mol. The number of anilines is 1. The lowest BCUT2D eigenvalue weighted by Crippen LogP contribution is -2.39. The van der Waals surface area contributed by atoms with Gasteiger partial charge in [-0.05, 0) is 54.5 Å². The maximum atomic E-state index is 12.0. The molecular weight excluding hydrogens is 317 g/mol. The van der Waals surface area contributed by atoms with Crippen LogP contribution in [0, 0.1) is 3.57 Å². The average molecular weight is 331 g/mol. The molecule has 16 heavy (non-hydrogen) atoms. The van der Waals surface area contributed by atoms with Crippen LogP contribution in [0.15, 0.2) is 24.3 Å². The molecule has 86 valence electrons. The standard InChI is InChI=1S/C12H14INO2/c1-12(7-4-8-16-12)11(15)14-10-6-3-2-5-9(10)13/h2-3,5-6H,4,7-8H2,1H3,(H,14,15). The highest BCUT2D eigenvalue weighted by Gasteiger charge is 2.37. The number of rotatable bonds is 2. The van der Waals surface area contributed by atoms with Crippen LogP contribution < -0.4 is 5.32 Å². The molecule has 1 unspecified atom stereocenters. The van der Waals surface area contributed by atoms with Crippen LogP contribution in [-0.2, 0) is 9.53 Å². The van der Waals surface area contributed by atoms with Gasteiger partial charge in [-0.2, -0.15) is 0 Å². The lowest BCUT2D eigenvalue weighted by molar-refractivity contribution is -0.133. The molecule has 1 N–H and O–H groups in total. The highest BCUT2D eigenvalue weighted by molar-refractivity contribution is 14.1. The number of benzene rings is 1. The number of nitrogens with one attached hydrogen (secondary N) is 1. The first kappa shape index (κ1) is 11.9. The van der Waals surface area contributed by atoms with E-state index in [2.05, 4.69) is 27.9 Å². The van der Waals surface area contributed by atoms with E-state index in [1.807, 2.05) is 31.2 Å². The molecule has 1 heterocycles. The van der Waals surface area contributed by atoms with Crippen molar-refractivity contribution in [3.63, 3.8) is 0 Å². The SMILES string of the molecule is CC1(C(=O)Nc2ccccc2I)CCCO1. The lowest BCUT2D eigenvalue weighted by Gasteiger charge is -2.22. The number of amides is 1. The zero-order valence-electron chi connectivity index (χ0n) is 9.13. The number of hydrogen-bond acceptors (Lipinski definition) is 2. The van der Waals surface area contributed by atoms with Gasteiger partial charge in [0.25, 0.3) is 5.91 Å². The van der Waals surface area contributed by atoms with Crippen molar-refractivity contribution < 1.29 is 9.53 Å².